The minimum absolute atomic E-state index is 0.0962. The van der Waals surface area contributed by atoms with Crippen LogP contribution in [0.3, 0.4) is 0 Å². The summed E-state index contributed by atoms with van der Waals surface area (Å²) in [6, 6.07) is 0. The number of rotatable bonds is 53. The predicted molar refractivity (Wildman–Crippen MR) is 307 cm³/mol. The van der Waals surface area contributed by atoms with Crippen LogP contribution in [0.2, 0.25) is 0 Å². The lowest BCUT2D eigenvalue weighted by Gasteiger charge is -2.18. The molecule has 0 aliphatic rings. The van der Waals surface area contributed by atoms with Gasteiger partial charge in [0.05, 0.1) is 0 Å². The first-order valence-corrected chi connectivity index (χ1v) is 29.8. The lowest BCUT2D eigenvalue weighted by atomic mass is 10.1. The van der Waals surface area contributed by atoms with Crippen LogP contribution in [0.5, 0.6) is 0 Å². The summed E-state index contributed by atoms with van der Waals surface area (Å²) in [5.74, 6) is -0.942. The Labute approximate surface area is 438 Å². The van der Waals surface area contributed by atoms with Gasteiger partial charge < -0.3 is 14.2 Å². The van der Waals surface area contributed by atoms with Crippen molar-refractivity contribution in [3.63, 3.8) is 0 Å². The van der Waals surface area contributed by atoms with E-state index in [2.05, 4.69) is 118 Å². The predicted octanol–water partition coefficient (Wildman–Crippen LogP) is 20.1. The maximum Gasteiger partial charge on any atom is 0.306 e. The third kappa shape index (κ3) is 57.1. The Balaban J connectivity index is 4.46. The molecule has 1 atom stereocenters. The molecule has 0 heterocycles. The van der Waals surface area contributed by atoms with Gasteiger partial charge in [0.1, 0.15) is 13.2 Å². The molecule has 0 aromatic carbocycles. The third-order valence-electron chi connectivity index (χ3n) is 12.6. The highest BCUT2D eigenvalue weighted by atomic mass is 16.6. The molecule has 0 aliphatic heterocycles. The number of hydrogen-bond donors (Lipinski definition) is 0. The Morgan fingerprint density at radius 2 is 0.592 bits per heavy atom. The van der Waals surface area contributed by atoms with Crippen LogP contribution in [0.1, 0.15) is 278 Å². The van der Waals surface area contributed by atoms with Gasteiger partial charge in [-0.25, -0.2) is 0 Å². The van der Waals surface area contributed by atoms with E-state index in [-0.39, 0.29) is 31.1 Å². The van der Waals surface area contributed by atoms with E-state index in [0.29, 0.717) is 19.3 Å². The first-order chi connectivity index (χ1) is 35.0. The van der Waals surface area contributed by atoms with Gasteiger partial charge in [0.15, 0.2) is 6.10 Å². The Morgan fingerprint density at radius 1 is 0.310 bits per heavy atom. The number of esters is 3. The summed E-state index contributed by atoms with van der Waals surface area (Å²) in [7, 11) is 0. The Hall–Kier alpha value is -3.67. The van der Waals surface area contributed by atoms with Gasteiger partial charge in [-0.1, -0.05) is 246 Å². The molecule has 0 rings (SSSR count). The number of carbonyl (C=O) groups excluding carboxylic acids is 3. The summed E-state index contributed by atoms with van der Waals surface area (Å²) in [5, 5.41) is 0. The number of hydrogen-bond acceptors (Lipinski definition) is 6. The molecule has 0 spiro atoms. The van der Waals surface area contributed by atoms with E-state index in [1.807, 2.05) is 0 Å². The first kappa shape index (κ1) is 67.3. The van der Waals surface area contributed by atoms with Crippen LogP contribution in [0.4, 0.5) is 0 Å². The lowest BCUT2D eigenvalue weighted by Crippen LogP contribution is -2.30. The fourth-order valence-corrected chi connectivity index (χ4v) is 8.12. The highest BCUT2D eigenvalue weighted by molar-refractivity contribution is 5.71. The molecule has 0 fully saturated rings. The minimum atomic E-state index is -0.802. The molecule has 0 aliphatic carbocycles. The zero-order valence-corrected chi connectivity index (χ0v) is 46.5. The molecular formula is C65H110O6. The molecule has 6 nitrogen and oxygen atoms in total. The van der Waals surface area contributed by atoms with Gasteiger partial charge in [-0.15, -0.1) is 0 Å². The van der Waals surface area contributed by atoms with E-state index in [1.165, 1.54) is 128 Å². The number of allylic oxidation sites excluding steroid dienone is 16. The molecule has 0 saturated heterocycles. The molecule has 0 N–H and O–H groups in total. The Kier molecular flexibility index (Phi) is 55.9. The van der Waals surface area contributed by atoms with Crippen molar-refractivity contribution in [2.24, 2.45) is 0 Å². The van der Waals surface area contributed by atoms with Crippen molar-refractivity contribution >= 4 is 17.9 Å². The summed E-state index contributed by atoms with van der Waals surface area (Å²) in [5.41, 5.74) is 0. The lowest BCUT2D eigenvalue weighted by molar-refractivity contribution is -0.167. The summed E-state index contributed by atoms with van der Waals surface area (Å²) in [6.07, 6.45) is 78.2. The maximum absolute atomic E-state index is 12.9. The topological polar surface area (TPSA) is 78.9 Å². The quantitative estimate of drug-likeness (QED) is 0.0199. The van der Waals surface area contributed by atoms with Crippen LogP contribution in [-0.4, -0.2) is 37.2 Å². The van der Waals surface area contributed by atoms with Crippen LogP contribution >= 0.6 is 0 Å². The molecular weight excluding hydrogens is 877 g/mol. The minimum Gasteiger partial charge on any atom is -0.462 e. The average molecular weight is 988 g/mol. The van der Waals surface area contributed by atoms with E-state index in [9.17, 15) is 14.4 Å². The third-order valence-corrected chi connectivity index (χ3v) is 12.6. The fraction of sp³-hybridized carbons (Fsp3) is 0.708. The highest BCUT2D eigenvalue weighted by Crippen LogP contribution is 2.15. The molecule has 71 heavy (non-hydrogen) atoms. The van der Waals surface area contributed by atoms with Crippen LogP contribution < -0.4 is 0 Å². The van der Waals surface area contributed by atoms with E-state index in [1.54, 1.807) is 0 Å². The summed E-state index contributed by atoms with van der Waals surface area (Å²) in [6.45, 7) is 6.46. The summed E-state index contributed by atoms with van der Waals surface area (Å²) >= 11 is 0. The molecule has 0 radical (unpaired) electrons. The highest BCUT2D eigenvalue weighted by Gasteiger charge is 2.19. The van der Waals surface area contributed by atoms with Crippen molar-refractivity contribution in [1.29, 1.82) is 0 Å². The smallest absolute Gasteiger partial charge is 0.306 e. The van der Waals surface area contributed by atoms with E-state index in [0.717, 1.165) is 109 Å². The van der Waals surface area contributed by atoms with E-state index in [4.69, 9.17) is 14.2 Å². The molecule has 1 unspecified atom stereocenters. The SMILES string of the molecule is CC/C=C\C/C=C\C/C=C\C/C=C\CCCCCC(=O)OCC(COC(=O)CCCCCCCCCCCC/C=C\C=C/CCCCC)OC(=O)CCCCCCC/C=C\C=C/CCCCCCCCC. The van der Waals surface area contributed by atoms with Crippen molar-refractivity contribution in [3.8, 4) is 0 Å². The van der Waals surface area contributed by atoms with Crippen LogP contribution in [0.15, 0.2) is 97.2 Å². The van der Waals surface area contributed by atoms with Crippen LogP contribution in [-0.2, 0) is 28.6 Å². The molecule has 0 saturated carbocycles. The fourth-order valence-electron chi connectivity index (χ4n) is 8.12. The van der Waals surface area contributed by atoms with Crippen molar-refractivity contribution in [2.45, 2.75) is 284 Å². The van der Waals surface area contributed by atoms with Crippen molar-refractivity contribution in [3.05, 3.63) is 97.2 Å². The Morgan fingerprint density at radius 3 is 0.986 bits per heavy atom. The van der Waals surface area contributed by atoms with Crippen LogP contribution in [0.25, 0.3) is 0 Å². The van der Waals surface area contributed by atoms with Crippen molar-refractivity contribution < 1.29 is 28.6 Å². The number of unbranched alkanes of at least 4 members (excludes halogenated alkanes) is 28. The number of carbonyl (C=O) groups is 3. The zero-order chi connectivity index (χ0) is 51.4. The second kappa shape index (κ2) is 58.9. The van der Waals surface area contributed by atoms with Gasteiger partial charge in [0.25, 0.3) is 0 Å². The zero-order valence-electron chi connectivity index (χ0n) is 46.5. The van der Waals surface area contributed by atoms with Gasteiger partial charge in [0, 0.05) is 19.3 Å². The van der Waals surface area contributed by atoms with Crippen LogP contribution in [0, 0.1) is 0 Å². The summed E-state index contributed by atoms with van der Waals surface area (Å²) in [4.78, 5) is 38.2. The number of ether oxygens (including phenoxy) is 3. The second-order valence-electron chi connectivity index (χ2n) is 19.6. The standard InChI is InChI=1S/C65H110O6/c1-4-7-10-13-16-19-22-25-28-31-33-35-37-40-43-46-49-52-55-58-64(67)70-61-62(60-69-63(66)57-54-51-48-45-42-39-36-30-27-24-21-18-15-12-9-6-3)71-65(68)59-56-53-50-47-44-41-38-34-32-29-26-23-20-17-14-11-8-5-2/h9,12,16,18-19,21-22,25,27,29-30,32,34,38-39,42,62H,4-8,10-11,13-15,17,20,23-24,26,28,31,33,35-37,40-41,43-61H2,1-3H3/b12-9-,19-16-,21-18-,25-22-,30-27-,32-29-,38-34-,42-39-. The Bertz CT molecular complexity index is 1410. The van der Waals surface area contributed by atoms with Gasteiger partial charge in [-0.2, -0.15) is 0 Å². The van der Waals surface area contributed by atoms with Gasteiger partial charge >= 0.3 is 17.9 Å². The molecule has 0 aromatic heterocycles. The van der Waals surface area contributed by atoms with Gasteiger partial charge in [-0.3, -0.25) is 14.4 Å². The van der Waals surface area contributed by atoms with Crippen molar-refractivity contribution in [2.75, 3.05) is 13.2 Å². The summed E-state index contributed by atoms with van der Waals surface area (Å²) < 4.78 is 16.9. The first-order valence-electron chi connectivity index (χ1n) is 29.8. The second-order valence-corrected chi connectivity index (χ2v) is 19.6. The maximum atomic E-state index is 12.9. The molecule has 0 aromatic rings. The van der Waals surface area contributed by atoms with Crippen molar-refractivity contribution in [1.82, 2.24) is 0 Å². The molecule has 406 valence electrons. The monoisotopic (exact) mass is 987 g/mol. The molecule has 6 heteroatoms. The van der Waals surface area contributed by atoms with Gasteiger partial charge in [-0.05, 0) is 109 Å². The van der Waals surface area contributed by atoms with E-state index >= 15 is 0 Å². The molecule has 0 bridgehead atoms. The van der Waals surface area contributed by atoms with E-state index < -0.39 is 6.10 Å². The normalized spacial score (nSPS) is 12.8. The molecule has 0 amide bonds. The average Bonchev–Trinajstić information content (AvgIpc) is 3.37. The largest absolute Gasteiger partial charge is 0.462 e. The van der Waals surface area contributed by atoms with Gasteiger partial charge in [0.2, 0.25) is 0 Å².